The Morgan fingerprint density at radius 1 is 1.53 bits per heavy atom. The monoisotopic (exact) mass is 296 g/mol. The molecule has 1 unspecified atom stereocenters. The molecule has 5 heteroatoms. The predicted molar refractivity (Wildman–Crippen MR) is 81.2 cm³/mol. The third-order valence-corrected chi connectivity index (χ3v) is 5.18. The molecule has 1 aromatic carbocycles. The normalized spacial score (nSPS) is 22.4. The fourth-order valence-corrected chi connectivity index (χ4v) is 3.94. The van der Waals surface area contributed by atoms with Crippen LogP contribution in [0.2, 0.25) is 5.02 Å². The Bertz CT molecular complexity index is 488. The maximum Gasteiger partial charge on any atom is 0.228 e. The number of halogens is 1. The van der Waals surface area contributed by atoms with Gasteiger partial charge in [0.1, 0.15) is 0 Å². The van der Waals surface area contributed by atoms with Crippen molar-refractivity contribution in [2.24, 2.45) is 0 Å². The molecule has 3 rings (SSSR count). The van der Waals surface area contributed by atoms with Crippen molar-refractivity contribution in [2.45, 2.75) is 18.9 Å². The molecule has 2 aliphatic rings. The number of carbonyl (C=O) groups is 1. The summed E-state index contributed by atoms with van der Waals surface area (Å²) < 4.78 is 0. The van der Waals surface area contributed by atoms with E-state index in [1.165, 1.54) is 0 Å². The highest BCUT2D eigenvalue weighted by atomic mass is 35.5. The van der Waals surface area contributed by atoms with Crippen molar-refractivity contribution in [1.29, 1.82) is 0 Å². The van der Waals surface area contributed by atoms with Gasteiger partial charge in [-0.1, -0.05) is 17.7 Å². The Kier molecular flexibility index (Phi) is 4.01. The molecule has 1 fully saturated rings. The third kappa shape index (κ3) is 2.76. The van der Waals surface area contributed by atoms with Gasteiger partial charge in [-0.05, 0) is 24.1 Å². The molecule has 0 bridgehead atoms. The molecule has 2 heterocycles. The molecule has 102 valence electrons. The second-order valence-electron chi connectivity index (χ2n) is 4.96. The molecule has 0 radical (unpaired) electrons. The van der Waals surface area contributed by atoms with Crippen LogP contribution in [0.1, 0.15) is 12.0 Å². The van der Waals surface area contributed by atoms with Crippen LogP contribution in [0.4, 0.5) is 5.69 Å². The van der Waals surface area contributed by atoms with E-state index in [-0.39, 0.29) is 5.91 Å². The van der Waals surface area contributed by atoms with E-state index in [0.717, 1.165) is 47.3 Å². The van der Waals surface area contributed by atoms with Crippen LogP contribution >= 0.6 is 23.4 Å². The van der Waals surface area contributed by atoms with Crippen LogP contribution in [0.15, 0.2) is 18.2 Å². The molecule has 0 saturated carbocycles. The number of hydrogen-bond donors (Lipinski definition) is 1. The number of hydrogen-bond acceptors (Lipinski definition) is 3. The Morgan fingerprint density at radius 2 is 2.42 bits per heavy atom. The Balaban J connectivity index is 1.71. The standard InChI is InChI=1S/C14H17ClN2OS/c15-12-2-1-3-13-11(12)4-6-17(13)14(18)8-10-9-19-7-5-16-10/h1-3,10,16H,4-9H2. The second kappa shape index (κ2) is 5.73. The van der Waals surface area contributed by atoms with E-state index in [0.29, 0.717) is 12.5 Å². The average Bonchev–Trinajstić information content (AvgIpc) is 2.85. The van der Waals surface area contributed by atoms with Gasteiger partial charge in [0.05, 0.1) is 0 Å². The minimum Gasteiger partial charge on any atom is -0.312 e. The summed E-state index contributed by atoms with van der Waals surface area (Å²) in [6.45, 7) is 1.77. The van der Waals surface area contributed by atoms with E-state index >= 15 is 0 Å². The first-order chi connectivity index (χ1) is 9.25. The maximum atomic E-state index is 12.4. The topological polar surface area (TPSA) is 32.3 Å². The van der Waals surface area contributed by atoms with Crippen molar-refractivity contribution in [2.75, 3.05) is 29.5 Å². The van der Waals surface area contributed by atoms with Crippen LogP contribution < -0.4 is 10.2 Å². The predicted octanol–water partition coefficient (Wildman–Crippen LogP) is 2.32. The third-order valence-electron chi connectivity index (χ3n) is 3.69. The summed E-state index contributed by atoms with van der Waals surface area (Å²) >= 11 is 8.10. The first-order valence-electron chi connectivity index (χ1n) is 6.64. The summed E-state index contributed by atoms with van der Waals surface area (Å²) in [6.07, 6.45) is 1.45. The fraction of sp³-hybridized carbons (Fsp3) is 0.500. The zero-order chi connectivity index (χ0) is 13.2. The van der Waals surface area contributed by atoms with E-state index in [1.807, 2.05) is 34.9 Å². The molecule has 2 aliphatic heterocycles. The minimum atomic E-state index is 0.209. The molecular formula is C14H17ClN2OS. The van der Waals surface area contributed by atoms with Crippen molar-refractivity contribution in [3.63, 3.8) is 0 Å². The molecule has 1 saturated heterocycles. The van der Waals surface area contributed by atoms with Gasteiger partial charge in [0.25, 0.3) is 0 Å². The SMILES string of the molecule is O=C(CC1CSCCN1)N1CCc2c(Cl)cccc21. The summed E-state index contributed by atoms with van der Waals surface area (Å²) in [6, 6.07) is 6.12. The van der Waals surface area contributed by atoms with E-state index in [1.54, 1.807) is 0 Å². The highest BCUT2D eigenvalue weighted by molar-refractivity contribution is 7.99. The van der Waals surface area contributed by atoms with Gasteiger partial charge < -0.3 is 10.2 Å². The zero-order valence-electron chi connectivity index (χ0n) is 10.7. The summed E-state index contributed by atoms with van der Waals surface area (Å²) in [5.41, 5.74) is 2.12. The van der Waals surface area contributed by atoms with Crippen LogP contribution in [0, 0.1) is 0 Å². The Morgan fingerprint density at radius 3 is 3.21 bits per heavy atom. The highest BCUT2D eigenvalue weighted by Crippen LogP contribution is 2.33. The largest absolute Gasteiger partial charge is 0.312 e. The smallest absolute Gasteiger partial charge is 0.228 e. The van der Waals surface area contributed by atoms with Gasteiger partial charge in [-0.25, -0.2) is 0 Å². The molecule has 1 atom stereocenters. The van der Waals surface area contributed by atoms with Crippen molar-refractivity contribution < 1.29 is 4.79 Å². The number of anilines is 1. The number of fused-ring (bicyclic) bond motifs is 1. The summed E-state index contributed by atoms with van der Waals surface area (Å²) in [5, 5.41) is 4.19. The summed E-state index contributed by atoms with van der Waals surface area (Å²) in [4.78, 5) is 14.3. The van der Waals surface area contributed by atoms with Crippen molar-refractivity contribution in [3.05, 3.63) is 28.8 Å². The van der Waals surface area contributed by atoms with Gasteiger partial charge in [-0.3, -0.25) is 4.79 Å². The van der Waals surface area contributed by atoms with Crippen LogP contribution in [0.5, 0.6) is 0 Å². The van der Waals surface area contributed by atoms with Crippen LogP contribution in [-0.4, -0.2) is 36.5 Å². The van der Waals surface area contributed by atoms with E-state index < -0.39 is 0 Å². The lowest BCUT2D eigenvalue weighted by atomic mass is 10.1. The highest BCUT2D eigenvalue weighted by Gasteiger charge is 2.28. The van der Waals surface area contributed by atoms with Crippen molar-refractivity contribution in [3.8, 4) is 0 Å². The summed E-state index contributed by atoms with van der Waals surface area (Å²) in [7, 11) is 0. The molecule has 1 amide bonds. The number of benzene rings is 1. The lowest BCUT2D eigenvalue weighted by molar-refractivity contribution is -0.118. The van der Waals surface area contributed by atoms with Gasteiger partial charge in [0.15, 0.2) is 0 Å². The Labute approximate surface area is 122 Å². The number of amides is 1. The molecule has 0 aliphatic carbocycles. The van der Waals surface area contributed by atoms with Gasteiger partial charge in [0, 0.05) is 47.8 Å². The number of nitrogens with zero attached hydrogens (tertiary/aromatic N) is 1. The number of nitrogens with one attached hydrogen (secondary N) is 1. The van der Waals surface area contributed by atoms with E-state index in [2.05, 4.69) is 5.32 Å². The first-order valence-corrected chi connectivity index (χ1v) is 8.18. The minimum absolute atomic E-state index is 0.209. The molecule has 19 heavy (non-hydrogen) atoms. The van der Waals surface area contributed by atoms with Gasteiger partial charge in [0.2, 0.25) is 5.91 Å². The van der Waals surface area contributed by atoms with Crippen LogP contribution in [-0.2, 0) is 11.2 Å². The first kappa shape index (κ1) is 13.3. The van der Waals surface area contributed by atoms with Gasteiger partial charge in [-0.15, -0.1) is 0 Å². The molecular weight excluding hydrogens is 280 g/mol. The fourth-order valence-electron chi connectivity index (χ4n) is 2.72. The molecule has 0 spiro atoms. The number of thioether (sulfide) groups is 1. The van der Waals surface area contributed by atoms with Crippen LogP contribution in [0.3, 0.4) is 0 Å². The average molecular weight is 297 g/mol. The zero-order valence-corrected chi connectivity index (χ0v) is 12.3. The molecule has 1 aromatic rings. The summed E-state index contributed by atoms with van der Waals surface area (Å²) in [5.74, 6) is 2.38. The molecule has 1 N–H and O–H groups in total. The van der Waals surface area contributed by atoms with E-state index in [4.69, 9.17) is 11.6 Å². The van der Waals surface area contributed by atoms with Crippen LogP contribution in [0.25, 0.3) is 0 Å². The lowest BCUT2D eigenvalue weighted by Crippen LogP contribution is -2.42. The van der Waals surface area contributed by atoms with E-state index in [9.17, 15) is 4.79 Å². The van der Waals surface area contributed by atoms with Crippen molar-refractivity contribution in [1.82, 2.24) is 5.32 Å². The quantitative estimate of drug-likeness (QED) is 0.909. The second-order valence-corrected chi connectivity index (χ2v) is 6.52. The van der Waals surface area contributed by atoms with Gasteiger partial charge >= 0.3 is 0 Å². The Hall–Kier alpha value is -0.710. The lowest BCUT2D eigenvalue weighted by Gasteiger charge is -2.25. The number of carbonyl (C=O) groups excluding carboxylic acids is 1. The maximum absolute atomic E-state index is 12.4. The van der Waals surface area contributed by atoms with Crippen molar-refractivity contribution >= 4 is 35.0 Å². The molecule has 0 aromatic heterocycles. The molecule has 3 nitrogen and oxygen atoms in total. The number of rotatable bonds is 2. The van der Waals surface area contributed by atoms with Gasteiger partial charge in [-0.2, -0.15) is 11.8 Å².